The Hall–Kier alpha value is -4.13. The molecule has 1 atom stereocenters. The molecule has 0 spiro atoms. The molecule has 0 radical (unpaired) electrons. The van der Waals surface area contributed by atoms with E-state index >= 15 is 0 Å². The molecule has 6 nitrogen and oxygen atoms in total. The molecule has 1 unspecified atom stereocenters. The van der Waals surface area contributed by atoms with E-state index in [1.807, 2.05) is 6.92 Å². The molecule has 0 bridgehead atoms. The number of hydrogen-bond acceptors (Lipinski definition) is 5. The summed E-state index contributed by atoms with van der Waals surface area (Å²) in [7, 11) is 1.53. The van der Waals surface area contributed by atoms with E-state index in [0.29, 0.717) is 34.9 Å². The first-order chi connectivity index (χ1) is 16.4. The first kappa shape index (κ1) is 23.0. The third kappa shape index (κ3) is 4.37. The smallest absolute Gasteiger partial charge is 0.300 e. The molecular formula is C27H24FNO5. The van der Waals surface area contributed by atoms with Crippen molar-refractivity contribution >= 4 is 23.1 Å². The van der Waals surface area contributed by atoms with Gasteiger partial charge in [0.2, 0.25) is 0 Å². The Labute approximate surface area is 196 Å². The number of halogens is 1. The van der Waals surface area contributed by atoms with Gasteiger partial charge in [0.15, 0.2) is 0 Å². The normalized spacial score (nSPS) is 17.1. The SMILES string of the molecule is CCCOc1cccc(/C(O)=C2/C(=O)C(=O)N(c3ccc(F)cc3)C2c2ccc(OC)cc2)c1. The number of nitrogens with zero attached hydrogens (tertiary/aromatic N) is 1. The standard InChI is InChI=1S/C27H24FNO5/c1-3-15-34-22-6-4-5-18(16-22)25(30)23-24(17-7-13-21(33-2)14-8-17)29(27(32)26(23)31)20-11-9-19(28)10-12-20/h4-14,16,24,30H,3,15H2,1-2H3/b25-23-. The highest BCUT2D eigenvalue weighted by atomic mass is 19.1. The monoisotopic (exact) mass is 461 g/mol. The quantitative estimate of drug-likeness (QED) is 0.296. The number of ether oxygens (including phenoxy) is 2. The number of anilines is 1. The van der Waals surface area contributed by atoms with Gasteiger partial charge in [-0.1, -0.05) is 31.2 Å². The van der Waals surface area contributed by atoms with Gasteiger partial charge in [0.25, 0.3) is 11.7 Å². The molecule has 0 saturated carbocycles. The number of hydrogen-bond donors (Lipinski definition) is 1. The van der Waals surface area contributed by atoms with E-state index in [-0.39, 0.29) is 11.3 Å². The predicted molar refractivity (Wildman–Crippen MR) is 126 cm³/mol. The minimum atomic E-state index is -0.920. The number of Topliss-reactive ketones (excluding diaryl/α,β-unsaturated/α-hetero) is 1. The fourth-order valence-electron chi connectivity index (χ4n) is 3.91. The van der Waals surface area contributed by atoms with Gasteiger partial charge in [-0.15, -0.1) is 0 Å². The lowest BCUT2D eigenvalue weighted by Crippen LogP contribution is -2.29. The first-order valence-corrected chi connectivity index (χ1v) is 10.9. The Bertz CT molecular complexity index is 1230. The minimum absolute atomic E-state index is 0.0628. The molecule has 1 heterocycles. The number of carbonyl (C=O) groups excluding carboxylic acids is 2. The highest BCUT2D eigenvalue weighted by molar-refractivity contribution is 6.51. The van der Waals surface area contributed by atoms with Crippen LogP contribution in [0, 0.1) is 5.82 Å². The average molecular weight is 461 g/mol. The van der Waals surface area contributed by atoms with Crippen molar-refractivity contribution in [2.45, 2.75) is 19.4 Å². The zero-order chi connectivity index (χ0) is 24.2. The van der Waals surface area contributed by atoms with Gasteiger partial charge in [-0.05, 0) is 60.5 Å². The number of carbonyl (C=O) groups is 2. The molecule has 7 heteroatoms. The molecule has 3 aromatic rings. The van der Waals surface area contributed by atoms with E-state index in [2.05, 4.69) is 0 Å². The zero-order valence-electron chi connectivity index (χ0n) is 18.8. The van der Waals surface area contributed by atoms with Gasteiger partial charge < -0.3 is 14.6 Å². The van der Waals surface area contributed by atoms with Gasteiger partial charge in [0, 0.05) is 11.3 Å². The van der Waals surface area contributed by atoms with Gasteiger partial charge in [0.05, 0.1) is 25.3 Å². The molecule has 1 N–H and O–H groups in total. The molecular weight excluding hydrogens is 437 g/mol. The van der Waals surface area contributed by atoms with Crippen molar-refractivity contribution < 1.29 is 28.6 Å². The van der Waals surface area contributed by atoms with Gasteiger partial charge in [-0.2, -0.15) is 0 Å². The third-order valence-electron chi connectivity index (χ3n) is 5.56. The number of methoxy groups -OCH3 is 1. The van der Waals surface area contributed by atoms with Crippen LogP contribution in [0.4, 0.5) is 10.1 Å². The summed E-state index contributed by atoms with van der Waals surface area (Å²) in [5.41, 5.74) is 1.21. The van der Waals surface area contributed by atoms with Crippen molar-refractivity contribution in [3.63, 3.8) is 0 Å². The molecule has 1 aliphatic rings. The maximum Gasteiger partial charge on any atom is 0.300 e. The lowest BCUT2D eigenvalue weighted by molar-refractivity contribution is -0.132. The number of amides is 1. The fourth-order valence-corrected chi connectivity index (χ4v) is 3.91. The summed E-state index contributed by atoms with van der Waals surface area (Å²) in [4.78, 5) is 27.6. The summed E-state index contributed by atoms with van der Waals surface area (Å²) in [5.74, 6) is -1.28. The second kappa shape index (κ2) is 9.79. The van der Waals surface area contributed by atoms with E-state index in [4.69, 9.17) is 9.47 Å². The molecule has 1 amide bonds. The van der Waals surface area contributed by atoms with Crippen LogP contribution in [0.1, 0.15) is 30.5 Å². The number of aliphatic hydroxyl groups excluding tert-OH is 1. The van der Waals surface area contributed by atoms with Gasteiger partial charge in [-0.25, -0.2) is 4.39 Å². The second-order valence-corrected chi connectivity index (χ2v) is 7.79. The van der Waals surface area contributed by atoms with Crippen molar-refractivity contribution in [2.75, 3.05) is 18.6 Å². The number of rotatable bonds is 7. The minimum Gasteiger partial charge on any atom is -0.507 e. The summed E-state index contributed by atoms with van der Waals surface area (Å²) < 4.78 is 24.4. The van der Waals surface area contributed by atoms with Crippen LogP contribution in [0.5, 0.6) is 11.5 Å². The highest BCUT2D eigenvalue weighted by Crippen LogP contribution is 2.42. The van der Waals surface area contributed by atoms with Crippen molar-refractivity contribution in [3.8, 4) is 11.5 Å². The van der Waals surface area contributed by atoms with Gasteiger partial charge >= 0.3 is 0 Å². The van der Waals surface area contributed by atoms with Crippen molar-refractivity contribution in [3.05, 3.63) is 95.3 Å². The third-order valence-corrected chi connectivity index (χ3v) is 5.56. The van der Waals surface area contributed by atoms with E-state index < -0.39 is 23.5 Å². The van der Waals surface area contributed by atoms with E-state index in [9.17, 15) is 19.1 Å². The van der Waals surface area contributed by atoms with Crippen LogP contribution in [-0.4, -0.2) is 30.5 Å². The van der Waals surface area contributed by atoms with Crippen LogP contribution < -0.4 is 14.4 Å². The summed E-state index contributed by atoms with van der Waals surface area (Å²) in [6.07, 6.45) is 0.816. The lowest BCUT2D eigenvalue weighted by atomic mass is 9.95. The van der Waals surface area contributed by atoms with Crippen molar-refractivity contribution in [2.24, 2.45) is 0 Å². The van der Waals surface area contributed by atoms with Crippen LogP contribution in [0.15, 0.2) is 78.4 Å². The van der Waals surface area contributed by atoms with E-state index in [1.54, 1.807) is 48.5 Å². The molecule has 1 aliphatic heterocycles. The Kier molecular flexibility index (Phi) is 6.63. The lowest BCUT2D eigenvalue weighted by Gasteiger charge is -2.25. The number of aliphatic hydroxyl groups is 1. The Morgan fingerprint density at radius 2 is 1.71 bits per heavy atom. The molecule has 1 fully saturated rings. The fraction of sp³-hybridized carbons (Fsp3) is 0.185. The van der Waals surface area contributed by atoms with Crippen molar-refractivity contribution in [1.82, 2.24) is 0 Å². The van der Waals surface area contributed by atoms with Crippen LogP contribution in [0.2, 0.25) is 0 Å². The van der Waals surface area contributed by atoms with Crippen LogP contribution in [-0.2, 0) is 9.59 Å². The maximum absolute atomic E-state index is 13.6. The van der Waals surface area contributed by atoms with E-state index in [1.165, 1.54) is 36.3 Å². The molecule has 174 valence electrons. The second-order valence-electron chi connectivity index (χ2n) is 7.79. The summed E-state index contributed by atoms with van der Waals surface area (Å²) in [5, 5.41) is 11.2. The summed E-state index contributed by atoms with van der Waals surface area (Å²) >= 11 is 0. The number of benzene rings is 3. The highest BCUT2D eigenvalue weighted by Gasteiger charge is 2.47. The topological polar surface area (TPSA) is 76.1 Å². The Balaban J connectivity index is 1.87. The molecule has 4 rings (SSSR count). The molecule has 0 aromatic heterocycles. The Morgan fingerprint density at radius 1 is 1.00 bits per heavy atom. The number of ketones is 1. The molecule has 3 aromatic carbocycles. The Morgan fingerprint density at radius 3 is 2.35 bits per heavy atom. The van der Waals surface area contributed by atoms with Crippen LogP contribution >= 0.6 is 0 Å². The predicted octanol–water partition coefficient (Wildman–Crippen LogP) is 5.25. The van der Waals surface area contributed by atoms with Gasteiger partial charge in [0.1, 0.15) is 23.1 Å². The first-order valence-electron chi connectivity index (χ1n) is 10.9. The maximum atomic E-state index is 13.6. The van der Waals surface area contributed by atoms with Crippen LogP contribution in [0.3, 0.4) is 0 Å². The van der Waals surface area contributed by atoms with E-state index in [0.717, 1.165) is 6.42 Å². The summed E-state index contributed by atoms with van der Waals surface area (Å²) in [6, 6.07) is 18.0. The molecule has 1 saturated heterocycles. The summed E-state index contributed by atoms with van der Waals surface area (Å²) in [6.45, 7) is 2.49. The average Bonchev–Trinajstić information content (AvgIpc) is 3.13. The molecule has 0 aliphatic carbocycles. The largest absolute Gasteiger partial charge is 0.507 e. The van der Waals surface area contributed by atoms with Crippen molar-refractivity contribution in [1.29, 1.82) is 0 Å². The zero-order valence-corrected chi connectivity index (χ0v) is 18.8. The van der Waals surface area contributed by atoms with Gasteiger partial charge in [-0.3, -0.25) is 14.5 Å². The van der Waals surface area contributed by atoms with Crippen LogP contribution in [0.25, 0.3) is 5.76 Å². The molecule has 34 heavy (non-hydrogen) atoms.